The van der Waals surface area contributed by atoms with Gasteiger partial charge >= 0.3 is 0 Å². The van der Waals surface area contributed by atoms with Gasteiger partial charge in [-0.1, -0.05) is 59.8 Å². The van der Waals surface area contributed by atoms with Crippen molar-refractivity contribution in [3.05, 3.63) is 66.4 Å². The third-order valence-corrected chi connectivity index (χ3v) is 5.96. The average Bonchev–Trinajstić information content (AvgIpc) is 3.39. The number of amides is 1. The molecule has 29 heavy (non-hydrogen) atoms. The van der Waals surface area contributed by atoms with Crippen molar-refractivity contribution in [1.29, 1.82) is 0 Å². The topological polar surface area (TPSA) is 56.2 Å². The van der Waals surface area contributed by atoms with Crippen molar-refractivity contribution in [3.63, 3.8) is 0 Å². The molecular weight excluding hydrogens is 382 g/mol. The van der Waals surface area contributed by atoms with Gasteiger partial charge in [0.25, 0.3) is 0 Å². The van der Waals surface area contributed by atoms with Crippen LogP contribution in [-0.2, 0) is 16.1 Å². The Morgan fingerprint density at radius 3 is 2.72 bits per heavy atom. The molecule has 1 saturated heterocycles. The van der Waals surface area contributed by atoms with Crippen molar-refractivity contribution in [3.8, 4) is 11.3 Å². The fraction of sp³-hybridized carbons (Fsp3) is 0.304. The number of nitrogens with zero attached hydrogens (tertiary/aromatic N) is 2. The second-order valence-corrected chi connectivity index (χ2v) is 8.18. The SMILES string of the molecule is Cc1ccc(NC(=O)CSc2ncc(-c3ccccc3)n2CC2CCCO2)cc1. The summed E-state index contributed by atoms with van der Waals surface area (Å²) >= 11 is 1.46. The minimum absolute atomic E-state index is 0.0354. The van der Waals surface area contributed by atoms with Gasteiger partial charge in [0.15, 0.2) is 5.16 Å². The van der Waals surface area contributed by atoms with E-state index in [1.54, 1.807) is 0 Å². The van der Waals surface area contributed by atoms with Crippen molar-refractivity contribution in [2.45, 2.75) is 37.6 Å². The Kier molecular flexibility index (Phi) is 6.32. The van der Waals surface area contributed by atoms with Crippen LogP contribution in [0.1, 0.15) is 18.4 Å². The zero-order chi connectivity index (χ0) is 20.1. The van der Waals surface area contributed by atoms with E-state index in [0.29, 0.717) is 5.75 Å². The van der Waals surface area contributed by atoms with E-state index in [0.717, 1.165) is 48.1 Å². The summed E-state index contributed by atoms with van der Waals surface area (Å²) in [6.07, 6.45) is 4.25. The first-order chi connectivity index (χ1) is 14.2. The minimum atomic E-state index is -0.0354. The molecule has 1 aliphatic heterocycles. The van der Waals surface area contributed by atoms with Crippen LogP contribution >= 0.6 is 11.8 Å². The second-order valence-electron chi connectivity index (χ2n) is 7.24. The molecule has 3 aromatic rings. The van der Waals surface area contributed by atoms with Gasteiger partial charge in [0.2, 0.25) is 5.91 Å². The number of carbonyl (C=O) groups excluding carboxylic acids is 1. The first-order valence-corrected chi connectivity index (χ1v) is 10.9. The molecule has 0 bridgehead atoms. The zero-order valence-electron chi connectivity index (χ0n) is 16.5. The first kappa shape index (κ1) is 19.7. The summed E-state index contributed by atoms with van der Waals surface area (Å²) in [5.74, 6) is 0.275. The number of aromatic nitrogens is 2. The van der Waals surface area contributed by atoms with Crippen LogP contribution in [0.2, 0.25) is 0 Å². The van der Waals surface area contributed by atoms with Gasteiger partial charge in [0, 0.05) is 12.3 Å². The van der Waals surface area contributed by atoms with Crippen LogP contribution in [0.3, 0.4) is 0 Å². The van der Waals surface area contributed by atoms with Crippen LogP contribution < -0.4 is 5.32 Å². The van der Waals surface area contributed by atoms with Crippen molar-refractivity contribution < 1.29 is 9.53 Å². The van der Waals surface area contributed by atoms with Crippen molar-refractivity contribution in [2.24, 2.45) is 0 Å². The Bertz CT molecular complexity index is 948. The molecule has 1 unspecified atom stereocenters. The molecule has 4 rings (SSSR count). The maximum Gasteiger partial charge on any atom is 0.234 e. The maximum absolute atomic E-state index is 12.4. The number of imidazole rings is 1. The summed E-state index contributed by atoms with van der Waals surface area (Å²) in [4.78, 5) is 17.0. The van der Waals surface area contributed by atoms with Gasteiger partial charge in [0.05, 0.1) is 30.3 Å². The highest BCUT2D eigenvalue weighted by atomic mass is 32.2. The molecule has 6 heteroatoms. The second kappa shape index (κ2) is 9.29. The Morgan fingerprint density at radius 2 is 2.00 bits per heavy atom. The van der Waals surface area contributed by atoms with Gasteiger partial charge in [-0.3, -0.25) is 4.79 Å². The van der Waals surface area contributed by atoms with Crippen LogP contribution in [0.25, 0.3) is 11.3 Å². The number of benzene rings is 2. The standard InChI is InChI=1S/C23H25N3O2S/c1-17-9-11-19(12-10-17)25-22(27)16-29-23-24-14-21(18-6-3-2-4-7-18)26(23)15-20-8-5-13-28-20/h2-4,6-7,9-12,14,20H,5,8,13,15-16H2,1H3,(H,25,27). The molecule has 1 atom stereocenters. The van der Waals surface area contributed by atoms with Gasteiger partial charge in [-0.25, -0.2) is 4.98 Å². The quantitative estimate of drug-likeness (QED) is 0.573. The number of thioether (sulfide) groups is 1. The van der Waals surface area contributed by atoms with Gasteiger partial charge in [0.1, 0.15) is 0 Å². The predicted octanol–water partition coefficient (Wildman–Crippen LogP) is 4.77. The molecule has 2 heterocycles. The molecule has 1 fully saturated rings. The number of carbonyl (C=O) groups is 1. The fourth-order valence-electron chi connectivity index (χ4n) is 3.45. The third kappa shape index (κ3) is 5.08. The van der Waals surface area contributed by atoms with E-state index < -0.39 is 0 Å². The largest absolute Gasteiger partial charge is 0.376 e. The predicted molar refractivity (Wildman–Crippen MR) is 117 cm³/mol. The molecule has 150 valence electrons. The molecule has 1 aromatic heterocycles. The number of aryl methyl sites for hydroxylation is 1. The smallest absolute Gasteiger partial charge is 0.234 e. The molecule has 0 spiro atoms. The van der Waals surface area contributed by atoms with E-state index >= 15 is 0 Å². The van der Waals surface area contributed by atoms with Crippen LogP contribution in [-0.4, -0.2) is 33.9 Å². The summed E-state index contributed by atoms with van der Waals surface area (Å²) < 4.78 is 8.04. The Labute approximate surface area is 175 Å². The fourth-order valence-corrected chi connectivity index (χ4v) is 4.23. The number of ether oxygens (including phenoxy) is 1. The summed E-state index contributed by atoms with van der Waals surface area (Å²) in [6.45, 7) is 3.60. The van der Waals surface area contributed by atoms with Crippen LogP contribution in [0.15, 0.2) is 66.0 Å². The summed E-state index contributed by atoms with van der Waals surface area (Å²) in [7, 11) is 0. The van der Waals surface area contributed by atoms with Gasteiger partial charge in [-0.2, -0.15) is 0 Å². The number of nitrogens with one attached hydrogen (secondary N) is 1. The Hall–Kier alpha value is -2.57. The van der Waals surface area contributed by atoms with E-state index in [2.05, 4.69) is 27.0 Å². The van der Waals surface area contributed by atoms with E-state index in [4.69, 9.17) is 4.74 Å². The molecule has 1 amide bonds. The molecule has 2 aromatic carbocycles. The molecular formula is C23H25N3O2S. The number of hydrogen-bond donors (Lipinski definition) is 1. The van der Waals surface area contributed by atoms with Gasteiger partial charge < -0.3 is 14.6 Å². The lowest BCUT2D eigenvalue weighted by atomic mass is 10.1. The lowest BCUT2D eigenvalue weighted by Gasteiger charge is -2.16. The van der Waals surface area contributed by atoms with Crippen LogP contribution in [0, 0.1) is 6.92 Å². The highest BCUT2D eigenvalue weighted by Gasteiger charge is 2.21. The van der Waals surface area contributed by atoms with Gasteiger partial charge in [-0.05, 0) is 37.5 Å². The Morgan fingerprint density at radius 1 is 1.21 bits per heavy atom. The minimum Gasteiger partial charge on any atom is -0.376 e. The van der Waals surface area contributed by atoms with Crippen molar-refractivity contribution in [2.75, 3.05) is 17.7 Å². The zero-order valence-corrected chi connectivity index (χ0v) is 17.3. The normalized spacial score (nSPS) is 16.1. The molecule has 1 N–H and O–H groups in total. The van der Waals surface area contributed by atoms with Crippen LogP contribution in [0.5, 0.6) is 0 Å². The van der Waals surface area contributed by atoms with Crippen molar-refractivity contribution in [1.82, 2.24) is 9.55 Å². The molecule has 0 aliphatic carbocycles. The molecule has 0 saturated carbocycles. The van der Waals surface area contributed by atoms with E-state index in [1.165, 1.54) is 17.3 Å². The lowest BCUT2D eigenvalue weighted by molar-refractivity contribution is -0.113. The van der Waals surface area contributed by atoms with Crippen molar-refractivity contribution >= 4 is 23.4 Å². The summed E-state index contributed by atoms with van der Waals surface area (Å²) in [5, 5.41) is 3.79. The van der Waals surface area contributed by atoms with Crippen LogP contribution in [0.4, 0.5) is 5.69 Å². The summed E-state index contributed by atoms with van der Waals surface area (Å²) in [5.41, 5.74) is 4.16. The highest BCUT2D eigenvalue weighted by molar-refractivity contribution is 7.99. The summed E-state index contributed by atoms with van der Waals surface area (Å²) in [6, 6.07) is 18.1. The molecule has 5 nitrogen and oxygen atoms in total. The number of rotatable bonds is 7. The molecule has 1 aliphatic rings. The third-order valence-electron chi connectivity index (χ3n) is 4.97. The first-order valence-electron chi connectivity index (χ1n) is 9.91. The van der Waals surface area contributed by atoms with E-state index in [1.807, 2.05) is 55.6 Å². The number of hydrogen-bond acceptors (Lipinski definition) is 4. The van der Waals surface area contributed by atoms with E-state index in [-0.39, 0.29) is 12.0 Å². The Balaban J connectivity index is 1.47. The van der Waals surface area contributed by atoms with E-state index in [9.17, 15) is 4.79 Å². The van der Waals surface area contributed by atoms with Gasteiger partial charge in [-0.15, -0.1) is 0 Å². The number of anilines is 1. The lowest BCUT2D eigenvalue weighted by Crippen LogP contribution is -2.18. The molecule has 0 radical (unpaired) electrons. The maximum atomic E-state index is 12.4. The highest BCUT2D eigenvalue weighted by Crippen LogP contribution is 2.28. The monoisotopic (exact) mass is 407 g/mol. The average molecular weight is 408 g/mol.